The molecule has 41 heavy (non-hydrogen) atoms. The lowest BCUT2D eigenvalue weighted by Gasteiger charge is -2.33. The highest BCUT2D eigenvalue weighted by Crippen LogP contribution is 2.39. The third kappa shape index (κ3) is 4.89. The monoisotopic (exact) mass is 572 g/mol. The Bertz CT molecular complexity index is 1760. The number of hydrogen-bond acceptors (Lipinski definition) is 6. The number of halogens is 1. The van der Waals surface area contributed by atoms with Crippen LogP contribution < -0.4 is 10.5 Å². The molecule has 2 aromatic carbocycles. The number of nitrogens with zero attached hydrogens (tertiary/aromatic N) is 5. The summed E-state index contributed by atoms with van der Waals surface area (Å²) < 4.78 is 24.7. The number of imidazole rings is 1. The minimum Gasteiger partial charge on any atom is -0.494 e. The molecule has 2 N–H and O–H groups in total. The van der Waals surface area contributed by atoms with Crippen LogP contribution in [0.2, 0.25) is 0 Å². The zero-order valence-electron chi connectivity index (χ0n) is 23.2. The fraction of sp³-hybridized carbons (Fsp3) is 0.387. The molecule has 1 saturated heterocycles. The van der Waals surface area contributed by atoms with Crippen LogP contribution in [0.15, 0.2) is 47.8 Å². The first-order valence-electron chi connectivity index (χ1n) is 14.1. The van der Waals surface area contributed by atoms with Gasteiger partial charge in [0.15, 0.2) is 5.82 Å². The first kappa shape index (κ1) is 26.2. The quantitative estimate of drug-likeness (QED) is 0.282. The number of alkyl halides is 1. The van der Waals surface area contributed by atoms with Gasteiger partial charge in [0.25, 0.3) is 5.91 Å². The maximum absolute atomic E-state index is 14.3. The fourth-order valence-electron chi connectivity index (χ4n) is 6.08. The summed E-state index contributed by atoms with van der Waals surface area (Å²) in [6.45, 7) is 3.81. The average molecular weight is 573 g/mol. The van der Waals surface area contributed by atoms with E-state index in [1.54, 1.807) is 30.6 Å². The standard InChI is InChI=1S/C31H33FN6O2S/c1-18-34-24(17-41-18)16-38-29-25(9-21(11-28(29)40-2)31(39)36-14-22(32)12-23(33)15-36)35-30(38)27-10-20-5-3-4-6-26(20)37(27)13-19-7-8-19/h3-6,9-11,17,19,22-23H,7-8,12-16,33H2,1-2H3/t22-,23-/m1/s1. The van der Waals surface area contributed by atoms with Crippen molar-refractivity contribution in [3.05, 3.63) is 64.1 Å². The normalized spacial score (nSPS) is 19.4. The van der Waals surface area contributed by atoms with Gasteiger partial charge in [-0.25, -0.2) is 14.4 Å². The van der Waals surface area contributed by atoms with Crippen LogP contribution >= 0.6 is 11.3 Å². The summed E-state index contributed by atoms with van der Waals surface area (Å²) in [4.78, 5) is 25.0. The maximum Gasteiger partial charge on any atom is 0.254 e. The number of para-hydroxylation sites is 1. The molecule has 0 bridgehead atoms. The number of thiazole rings is 1. The van der Waals surface area contributed by atoms with Crippen molar-refractivity contribution < 1.29 is 13.9 Å². The van der Waals surface area contributed by atoms with Gasteiger partial charge in [-0.05, 0) is 56.4 Å². The van der Waals surface area contributed by atoms with Crippen molar-refractivity contribution in [1.29, 1.82) is 0 Å². The third-order valence-corrected chi connectivity index (χ3v) is 8.98. The van der Waals surface area contributed by atoms with Crippen LogP contribution in [0.4, 0.5) is 4.39 Å². The van der Waals surface area contributed by atoms with Crippen molar-refractivity contribution in [2.75, 3.05) is 20.2 Å². The molecule has 1 amide bonds. The largest absolute Gasteiger partial charge is 0.494 e. The molecular weight excluding hydrogens is 539 g/mol. The van der Waals surface area contributed by atoms with Gasteiger partial charge in [0.05, 0.1) is 42.1 Å². The number of carbonyl (C=O) groups excluding carboxylic acids is 1. The predicted molar refractivity (Wildman–Crippen MR) is 159 cm³/mol. The SMILES string of the molecule is COc1cc(C(=O)N2C[C@H](N)C[C@@H](F)C2)cc2nc(-c3cc4ccccc4n3CC3CC3)n(Cc3csc(C)n3)c12. The van der Waals surface area contributed by atoms with Crippen LogP contribution in [0.3, 0.4) is 0 Å². The molecule has 0 spiro atoms. The number of nitrogens with two attached hydrogens (primary N) is 1. The Labute approximate surface area is 241 Å². The Morgan fingerprint density at radius 1 is 1.15 bits per heavy atom. The summed E-state index contributed by atoms with van der Waals surface area (Å²) in [5.41, 5.74) is 11.1. The summed E-state index contributed by atoms with van der Waals surface area (Å²) in [5, 5.41) is 4.23. The molecule has 7 rings (SSSR count). The molecule has 1 aliphatic heterocycles. The fourth-order valence-corrected chi connectivity index (χ4v) is 6.68. The van der Waals surface area contributed by atoms with Gasteiger partial charge in [0.2, 0.25) is 0 Å². The van der Waals surface area contributed by atoms with E-state index in [0.29, 0.717) is 35.8 Å². The lowest BCUT2D eigenvalue weighted by Crippen LogP contribution is -2.50. The second-order valence-corrected chi connectivity index (χ2v) is 12.4. The number of piperidine rings is 1. The summed E-state index contributed by atoms with van der Waals surface area (Å²) in [6, 6.07) is 13.8. The highest BCUT2D eigenvalue weighted by atomic mass is 32.1. The molecule has 4 heterocycles. The van der Waals surface area contributed by atoms with Crippen molar-refractivity contribution in [3.8, 4) is 17.3 Å². The van der Waals surface area contributed by atoms with E-state index in [0.717, 1.165) is 39.7 Å². The molecule has 212 valence electrons. The van der Waals surface area contributed by atoms with Crippen LogP contribution in [-0.4, -0.2) is 62.3 Å². The van der Waals surface area contributed by atoms with E-state index in [1.807, 2.05) is 6.92 Å². The van der Waals surface area contributed by atoms with Gasteiger partial charge >= 0.3 is 0 Å². The van der Waals surface area contributed by atoms with Gasteiger partial charge in [0.1, 0.15) is 17.4 Å². The summed E-state index contributed by atoms with van der Waals surface area (Å²) in [7, 11) is 1.60. The van der Waals surface area contributed by atoms with Crippen molar-refractivity contribution in [1.82, 2.24) is 24.0 Å². The molecule has 2 atom stereocenters. The van der Waals surface area contributed by atoms with Gasteiger partial charge in [-0.1, -0.05) is 18.2 Å². The van der Waals surface area contributed by atoms with Crippen LogP contribution in [0.1, 0.15) is 40.3 Å². The number of hydrogen-bond donors (Lipinski definition) is 1. The number of fused-ring (bicyclic) bond motifs is 2. The highest BCUT2D eigenvalue weighted by molar-refractivity contribution is 7.09. The zero-order chi connectivity index (χ0) is 28.2. The Morgan fingerprint density at radius 3 is 2.71 bits per heavy atom. The smallest absolute Gasteiger partial charge is 0.254 e. The molecular formula is C31H33FN6O2S. The highest BCUT2D eigenvalue weighted by Gasteiger charge is 2.31. The van der Waals surface area contributed by atoms with E-state index in [4.69, 9.17) is 20.4 Å². The predicted octanol–water partition coefficient (Wildman–Crippen LogP) is 5.40. The number of aromatic nitrogens is 4. The first-order chi connectivity index (χ1) is 19.9. The Kier molecular flexibility index (Phi) is 6.54. The molecule has 2 aliphatic rings. The number of rotatable bonds is 7. The van der Waals surface area contributed by atoms with E-state index in [-0.39, 0.29) is 24.9 Å². The molecule has 8 nitrogen and oxygen atoms in total. The van der Waals surface area contributed by atoms with Gasteiger partial charge in [-0.3, -0.25) is 4.79 Å². The molecule has 0 unspecified atom stereocenters. The number of ether oxygens (including phenoxy) is 1. The van der Waals surface area contributed by atoms with E-state index < -0.39 is 6.17 Å². The van der Waals surface area contributed by atoms with E-state index in [1.165, 1.54) is 23.3 Å². The number of likely N-dealkylation sites (tertiary alicyclic amines) is 1. The molecule has 10 heteroatoms. The third-order valence-electron chi connectivity index (χ3n) is 8.16. The maximum atomic E-state index is 14.3. The Balaban J connectivity index is 1.41. The van der Waals surface area contributed by atoms with Crippen molar-refractivity contribution in [2.24, 2.45) is 11.7 Å². The lowest BCUT2D eigenvalue weighted by atomic mass is 10.0. The molecule has 5 aromatic rings. The van der Waals surface area contributed by atoms with Gasteiger partial charge < -0.3 is 24.5 Å². The van der Waals surface area contributed by atoms with Crippen LogP contribution in [0.5, 0.6) is 5.75 Å². The summed E-state index contributed by atoms with van der Waals surface area (Å²) >= 11 is 1.62. The molecule has 2 fully saturated rings. The molecule has 1 aliphatic carbocycles. The molecule has 3 aromatic heterocycles. The number of carbonyl (C=O) groups is 1. The van der Waals surface area contributed by atoms with Gasteiger partial charge in [-0.2, -0.15) is 0 Å². The molecule has 1 saturated carbocycles. The first-order valence-corrected chi connectivity index (χ1v) is 15.0. The second-order valence-electron chi connectivity index (χ2n) is 11.4. The van der Waals surface area contributed by atoms with Crippen molar-refractivity contribution >= 4 is 39.2 Å². The second kappa shape index (κ2) is 10.3. The van der Waals surface area contributed by atoms with Crippen molar-refractivity contribution in [2.45, 2.75) is 51.5 Å². The van der Waals surface area contributed by atoms with Crippen LogP contribution in [0, 0.1) is 12.8 Å². The number of amides is 1. The minimum atomic E-state index is -1.13. The number of benzene rings is 2. The average Bonchev–Trinajstić information content (AvgIpc) is 3.41. The molecule has 0 radical (unpaired) electrons. The van der Waals surface area contributed by atoms with E-state index in [9.17, 15) is 9.18 Å². The van der Waals surface area contributed by atoms with Crippen LogP contribution in [0.25, 0.3) is 33.5 Å². The number of aryl methyl sites for hydroxylation is 1. The zero-order valence-corrected chi connectivity index (χ0v) is 24.0. The van der Waals surface area contributed by atoms with Crippen LogP contribution in [-0.2, 0) is 13.1 Å². The number of methoxy groups -OCH3 is 1. The van der Waals surface area contributed by atoms with Crippen molar-refractivity contribution in [3.63, 3.8) is 0 Å². The minimum absolute atomic E-state index is 0.0387. The Hall–Kier alpha value is -3.76. The van der Waals surface area contributed by atoms with E-state index in [2.05, 4.69) is 44.8 Å². The van der Waals surface area contributed by atoms with Gasteiger partial charge in [0, 0.05) is 41.0 Å². The van der Waals surface area contributed by atoms with E-state index >= 15 is 0 Å². The topological polar surface area (TPSA) is 91.2 Å². The van der Waals surface area contributed by atoms with Gasteiger partial charge in [-0.15, -0.1) is 11.3 Å². The summed E-state index contributed by atoms with van der Waals surface area (Å²) in [6.07, 6.45) is 1.61. The summed E-state index contributed by atoms with van der Waals surface area (Å²) in [5.74, 6) is 1.74. The Morgan fingerprint density at radius 2 is 1.98 bits per heavy atom. The lowest BCUT2D eigenvalue weighted by molar-refractivity contribution is 0.0606.